The summed E-state index contributed by atoms with van der Waals surface area (Å²) in [7, 11) is 0. The van der Waals surface area contributed by atoms with Crippen molar-refractivity contribution >= 4 is 10.9 Å². The van der Waals surface area contributed by atoms with Gasteiger partial charge in [-0.25, -0.2) is 0 Å². The fraction of sp³-hybridized carbons (Fsp3) is 0.625. The maximum atomic E-state index is 12.0. The number of phenols is 1. The van der Waals surface area contributed by atoms with Crippen LogP contribution in [-0.2, 0) is 10.3 Å². The van der Waals surface area contributed by atoms with Crippen LogP contribution < -0.4 is 10.9 Å². The number of aromatic hydroxyl groups is 1. The van der Waals surface area contributed by atoms with Gasteiger partial charge < -0.3 is 34.8 Å². The average molecular weight is 661 g/mol. The third-order valence-corrected chi connectivity index (χ3v) is 12.0. The molecule has 4 fully saturated rings. The summed E-state index contributed by atoms with van der Waals surface area (Å²) in [6.45, 7) is 6.68. The number of hydrogen-bond donors (Lipinski definition) is 5. The molecule has 5 N–H and O–H groups in total. The van der Waals surface area contributed by atoms with E-state index in [1.807, 2.05) is 18.2 Å². The minimum atomic E-state index is -0.876. The Balaban J connectivity index is 0.853. The fourth-order valence-electron chi connectivity index (χ4n) is 9.00. The molecule has 3 saturated heterocycles. The Morgan fingerprint density at radius 1 is 0.896 bits per heavy atom. The molecule has 1 saturated carbocycles. The van der Waals surface area contributed by atoms with Crippen molar-refractivity contribution in [1.29, 1.82) is 0 Å². The zero-order valence-corrected chi connectivity index (χ0v) is 28.8. The van der Waals surface area contributed by atoms with E-state index in [4.69, 9.17) is 4.74 Å². The minimum absolute atomic E-state index is 0.00784. The number of hydrogen-bond acceptors (Lipinski definition) is 6. The number of aliphatic hydroxyl groups excluding tert-OH is 1. The smallest absolute Gasteiger partial charge is 0.248 e. The van der Waals surface area contributed by atoms with Gasteiger partial charge in [0.25, 0.3) is 0 Å². The number of aromatic amines is 1. The molecule has 262 valence electrons. The molecule has 1 aromatic heterocycles. The van der Waals surface area contributed by atoms with Gasteiger partial charge in [0.15, 0.2) is 0 Å². The molecule has 8 heteroatoms. The first-order valence-corrected chi connectivity index (χ1v) is 18.9. The van der Waals surface area contributed by atoms with Crippen LogP contribution in [-0.4, -0.2) is 76.8 Å². The number of piperidine rings is 3. The molecule has 48 heavy (non-hydrogen) atoms. The van der Waals surface area contributed by atoms with E-state index in [1.165, 1.54) is 100 Å². The summed E-state index contributed by atoms with van der Waals surface area (Å²) >= 11 is 0. The summed E-state index contributed by atoms with van der Waals surface area (Å²) in [6, 6.07) is 16.6. The molecule has 3 aliphatic heterocycles. The number of aliphatic hydroxyl groups is 2. The average Bonchev–Trinajstić information content (AvgIpc) is 3.67. The third kappa shape index (κ3) is 8.33. The number of fused-ring (bicyclic) bond motifs is 4. The van der Waals surface area contributed by atoms with Crippen molar-refractivity contribution in [3.05, 3.63) is 76.1 Å². The topological polar surface area (TPSA) is 115 Å². The van der Waals surface area contributed by atoms with E-state index in [-0.39, 0.29) is 17.4 Å². The lowest BCUT2D eigenvalue weighted by Gasteiger charge is -2.53. The molecule has 0 spiro atoms. The molecule has 1 aliphatic carbocycles. The highest BCUT2D eigenvalue weighted by Gasteiger charge is 2.48. The second-order valence-electron chi connectivity index (χ2n) is 15.1. The van der Waals surface area contributed by atoms with Crippen molar-refractivity contribution < 1.29 is 24.5 Å². The van der Waals surface area contributed by atoms with Crippen molar-refractivity contribution in [2.75, 3.05) is 45.9 Å². The number of unbranched alkanes of at least 4 members (excludes halogenated alkanes) is 6. The first-order chi connectivity index (χ1) is 23.4. The molecule has 3 aromatic rings. The van der Waals surface area contributed by atoms with E-state index in [0.29, 0.717) is 41.5 Å². The van der Waals surface area contributed by atoms with E-state index in [2.05, 4.69) is 22.4 Å². The Bertz CT molecular complexity index is 1500. The van der Waals surface area contributed by atoms with Crippen LogP contribution in [0.5, 0.6) is 5.75 Å². The number of aromatic nitrogens is 1. The standard InChI is InChI=1S/C40H57N3O5/c44-35-19-17-33(34-18-20-38(46)42-39(34)35)36(45)27-41-23-11-4-2-1-3-5-12-24-43-25-21-30(22-26-43)37(28-43)48-29-40(47,32-15-9-10-16-32)31-13-7-6-8-14-31/h6-8,13-14,17-20,30,32,36-37,41,45,47H,1-5,9-12,15-16,21-29H2,(H-,42,44,46)/p+1/t30?,36-,37-,40?,43?/m0/s1. The highest BCUT2D eigenvalue weighted by atomic mass is 16.5. The summed E-state index contributed by atoms with van der Waals surface area (Å²) in [4.78, 5) is 14.3. The molecule has 7 rings (SSSR count). The normalized spacial score (nSPS) is 24.6. The lowest BCUT2D eigenvalue weighted by molar-refractivity contribution is -0.946. The largest absolute Gasteiger partial charge is 0.506 e. The van der Waals surface area contributed by atoms with Gasteiger partial charge in [-0.15, -0.1) is 0 Å². The minimum Gasteiger partial charge on any atom is -0.506 e. The first kappa shape index (κ1) is 35.1. The van der Waals surface area contributed by atoms with Crippen LogP contribution in [0.4, 0.5) is 0 Å². The fourth-order valence-corrected chi connectivity index (χ4v) is 9.00. The van der Waals surface area contributed by atoms with Gasteiger partial charge in [0.05, 0.1) is 37.9 Å². The SMILES string of the molecule is O=c1ccc2c([C@@H](O)CNCCCCCCCCC[N+]34CCC(CC3)[C@@H](OCC(O)(c3ccccc3)C3CCCC3)C4)ccc(O)c2[nH]1. The van der Waals surface area contributed by atoms with E-state index in [0.717, 1.165) is 37.9 Å². The maximum Gasteiger partial charge on any atom is 0.248 e. The Morgan fingerprint density at radius 2 is 1.60 bits per heavy atom. The first-order valence-electron chi connectivity index (χ1n) is 18.9. The van der Waals surface area contributed by atoms with Crippen LogP contribution in [0.3, 0.4) is 0 Å². The van der Waals surface area contributed by atoms with Crippen molar-refractivity contribution in [2.24, 2.45) is 11.8 Å². The molecular weight excluding hydrogens is 602 g/mol. The van der Waals surface area contributed by atoms with Crippen molar-refractivity contribution in [3.8, 4) is 5.75 Å². The number of H-pyrrole nitrogens is 1. The molecule has 3 atom stereocenters. The maximum absolute atomic E-state index is 12.0. The van der Waals surface area contributed by atoms with Crippen molar-refractivity contribution in [2.45, 2.75) is 101 Å². The lowest BCUT2D eigenvalue weighted by atomic mass is 9.80. The predicted molar refractivity (Wildman–Crippen MR) is 191 cm³/mol. The summed E-state index contributed by atoms with van der Waals surface area (Å²) in [5, 5.41) is 36.9. The molecule has 0 radical (unpaired) electrons. The summed E-state index contributed by atoms with van der Waals surface area (Å²) in [6.07, 6.45) is 15.3. The number of ether oxygens (including phenoxy) is 1. The number of pyridine rings is 1. The van der Waals surface area contributed by atoms with Gasteiger partial charge in [0, 0.05) is 36.8 Å². The Hall–Kier alpha value is -2.75. The Labute approximate surface area is 286 Å². The van der Waals surface area contributed by atoms with Crippen LogP contribution in [0.2, 0.25) is 0 Å². The number of benzene rings is 2. The van der Waals surface area contributed by atoms with E-state index in [1.54, 1.807) is 12.1 Å². The zero-order valence-electron chi connectivity index (χ0n) is 28.8. The number of nitrogens with one attached hydrogen (secondary N) is 2. The van der Waals surface area contributed by atoms with Crippen LogP contribution >= 0.6 is 0 Å². The van der Waals surface area contributed by atoms with Gasteiger partial charge in [-0.3, -0.25) is 4.79 Å². The molecule has 8 nitrogen and oxygen atoms in total. The van der Waals surface area contributed by atoms with Crippen LogP contribution in [0.15, 0.2) is 59.4 Å². The summed E-state index contributed by atoms with van der Waals surface area (Å²) in [5.41, 5.74) is 0.934. The quantitative estimate of drug-likeness (QED) is 0.0810. The molecule has 2 aromatic carbocycles. The van der Waals surface area contributed by atoms with Gasteiger partial charge in [-0.05, 0) is 67.8 Å². The van der Waals surface area contributed by atoms with Gasteiger partial charge >= 0.3 is 0 Å². The Kier molecular flexibility index (Phi) is 11.9. The van der Waals surface area contributed by atoms with Gasteiger partial charge in [-0.1, -0.05) is 74.9 Å². The molecule has 2 bridgehead atoms. The highest BCUT2D eigenvalue weighted by Crippen LogP contribution is 2.43. The van der Waals surface area contributed by atoms with Gasteiger partial charge in [-0.2, -0.15) is 0 Å². The van der Waals surface area contributed by atoms with Gasteiger partial charge in [0.1, 0.15) is 24.0 Å². The molecule has 4 aliphatic rings. The third-order valence-electron chi connectivity index (χ3n) is 12.0. The van der Waals surface area contributed by atoms with E-state index in [9.17, 15) is 20.1 Å². The Morgan fingerprint density at radius 3 is 2.35 bits per heavy atom. The number of nitrogens with zero attached hydrogens (tertiary/aromatic N) is 1. The van der Waals surface area contributed by atoms with E-state index >= 15 is 0 Å². The number of quaternary nitrogens is 1. The van der Waals surface area contributed by atoms with Crippen LogP contribution in [0, 0.1) is 11.8 Å². The second kappa shape index (κ2) is 16.3. The predicted octanol–water partition coefficient (Wildman–Crippen LogP) is 6.29. The number of phenolic OH excluding ortho intramolecular Hbond substituents is 1. The second-order valence-corrected chi connectivity index (χ2v) is 15.1. The number of rotatable bonds is 18. The van der Waals surface area contributed by atoms with Crippen molar-refractivity contribution in [3.63, 3.8) is 0 Å². The van der Waals surface area contributed by atoms with Gasteiger partial charge in [0.2, 0.25) is 5.56 Å². The molecule has 4 heterocycles. The monoisotopic (exact) mass is 660 g/mol. The van der Waals surface area contributed by atoms with Crippen molar-refractivity contribution in [1.82, 2.24) is 10.3 Å². The summed E-state index contributed by atoms with van der Waals surface area (Å²) in [5.74, 6) is 0.945. The molecular formula is C40H58N3O5+. The molecule has 1 unspecified atom stereocenters. The molecule has 0 amide bonds. The summed E-state index contributed by atoms with van der Waals surface area (Å²) < 4.78 is 7.94. The van der Waals surface area contributed by atoms with E-state index < -0.39 is 11.7 Å². The van der Waals surface area contributed by atoms with Crippen LogP contribution in [0.1, 0.15) is 101 Å². The zero-order chi connectivity index (χ0) is 33.4. The highest BCUT2D eigenvalue weighted by molar-refractivity contribution is 5.87. The van der Waals surface area contributed by atoms with Crippen LogP contribution in [0.25, 0.3) is 10.9 Å². The lowest BCUT2D eigenvalue weighted by Crippen LogP contribution is -2.64.